The highest BCUT2D eigenvalue weighted by atomic mass is 79.9. The van der Waals surface area contributed by atoms with Crippen molar-refractivity contribution in [2.24, 2.45) is 0 Å². The van der Waals surface area contributed by atoms with Crippen LogP contribution in [0.4, 0.5) is 4.39 Å². The molecule has 1 aliphatic heterocycles. The molecule has 1 heterocycles. The zero-order valence-corrected chi connectivity index (χ0v) is 15.7. The van der Waals surface area contributed by atoms with Gasteiger partial charge in [0.1, 0.15) is 5.82 Å². The van der Waals surface area contributed by atoms with E-state index in [4.69, 9.17) is 32.7 Å². The summed E-state index contributed by atoms with van der Waals surface area (Å²) >= 11 is 15.2. The van der Waals surface area contributed by atoms with Crippen molar-refractivity contribution in [3.63, 3.8) is 0 Å². The number of rotatable bonds is 2. The fourth-order valence-corrected chi connectivity index (χ4v) is 3.32. The number of ether oxygens (including phenoxy) is 2. The zero-order chi connectivity index (χ0) is 17.6. The molecule has 0 radical (unpaired) electrons. The highest BCUT2D eigenvalue weighted by Crippen LogP contribution is 2.49. The van der Waals surface area contributed by atoms with Crippen LogP contribution >= 0.6 is 39.1 Å². The molecule has 0 aromatic heterocycles. The van der Waals surface area contributed by atoms with Gasteiger partial charge in [-0.15, -0.1) is 0 Å². The third-order valence-corrected chi connectivity index (χ3v) is 5.05. The minimum atomic E-state index is -1.25. The van der Waals surface area contributed by atoms with E-state index in [0.29, 0.717) is 26.0 Å². The van der Waals surface area contributed by atoms with Crippen LogP contribution in [0.1, 0.15) is 11.1 Å². The van der Waals surface area contributed by atoms with E-state index >= 15 is 0 Å². The van der Waals surface area contributed by atoms with Gasteiger partial charge in [0.2, 0.25) is 0 Å². The van der Waals surface area contributed by atoms with Gasteiger partial charge in [0.05, 0.1) is 4.47 Å². The van der Waals surface area contributed by atoms with Gasteiger partial charge >= 0.3 is 5.79 Å². The SMILES string of the molecule is Fc1cc2c(cc1Br)OC(c1ccc(Cl)cc1)(c1ccc(Cl)cc1)O2. The Labute approximate surface area is 162 Å². The lowest BCUT2D eigenvalue weighted by atomic mass is 9.97. The lowest BCUT2D eigenvalue weighted by Crippen LogP contribution is -2.36. The Morgan fingerprint density at radius 3 is 1.68 bits per heavy atom. The van der Waals surface area contributed by atoms with E-state index in [0.717, 1.165) is 11.1 Å². The molecule has 0 saturated heterocycles. The van der Waals surface area contributed by atoms with Crippen LogP contribution in [0, 0.1) is 5.82 Å². The molecule has 0 aliphatic carbocycles. The van der Waals surface area contributed by atoms with Gasteiger partial charge < -0.3 is 9.47 Å². The number of hydrogen-bond acceptors (Lipinski definition) is 2. The van der Waals surface area contributed by atoms with Gasteiger partial charge in [0, 0.05) is 33.3 Å². The Balaban J connectivity index is 1.89. The van der Waals surface area contributed by atoms with Crippen molar-refractivity contribution in [1.82, 2.24) is 0 Å². The Bertz CT molecular complexity index is 864. The standard InChI is InChI=1S/C19H10BrCl2FO2/c20-15-9-17-18(10-16(15)23)25-19(24-17,11-1-5-13(21)6-2-11)12-3-7-14(22)8-4-12/h1-10H. The van der Waals surface area contributed by atoms with Gasteiger partial charge in [-0.05, 0) is 64.5 Å². The normalized spacial score (nSPS) is 14.6. The lowest BCUT2D eigenvalue weighted by molar-refractivity contribution is -0.0459. The largest absolute Gasteiger partial charge is 0.440 e. The number of fused-ring (bicyclic) bond motifs is 1. The molecule has 2 nitrogen and oxygen atoms in total. The second-order valence-corrected chi connectivity index (χ2v) is 7.27. The first-order chi connectivity index (χ1) is 12.0. The summed E-state index contributed by atoms with van der Waals surface area (Å²) in [6, 6.07) is 17.1. The van der Waals surface area contributed by atoms with Crippen LogP contribution in [-0.4, -0.2) is 0 Å². The molecule has 3 aromatic rings. The first-order valence-corrected chi connectivity index (χ1v) is 8.92. The summed E-state index contributed by atoms with van der Waals surface area (Å²) in [5.74, 6) is -0.903. The average molecular weight is 440 g/mol. The minimum Gasteiger partial charge on any atom is -0.440 e. The molecule has 0 bridgehead atoms. The van der Waals surface area contributed by atoms with Crippen molar-refractivity contribution in [2.45, 2.75) is 5.79 Å². The molecule has 0 saturated carbocycles. The third kappa shape index (κ3) is 2.88. The fourth-order valence-electron chi connectivity index (χ4n) is 2.74. The van der Waals surface area contributed by atoms with E-state index in [2.05, 4.69) is 15.9 Å². The molecule has 25 heavy (non-hydrogen) atoms. The number of benzene rings is 3. The summed E-state index contributed by atoms with van der Waals surface area (Å²) in [6.07, 6.45) is 0. The van der Waals surface area contributed by atoms with Crippen molar-refractivity contribution >= 4 is 39.1 Å². The number of hydrogen-bond donors (Lipinski definition) is 0. The van der Waals surface area contributed by atoms with Crippen LogP contribution in [0.2, 0.25) is 10.0 Å². The minimum absolute atomic E-state index is 0.304. The van der Waals surface area contributed by atoms with Crippen LogP contribution in [0.5, 0.6) is 11.5 Å². The molecule has 0 amide bonds. The summed E-state index contributed by atoms with van der Waals surface area (Å²) in [7, 11) is 0. The van der Waals surface area contributed by atoms with Crippen molar-refractivity contribution < 1.29 is 13.9 Å². The predicted octanol–water partition coefficient (Wildman–Crippen LogP) is 6.57. The van der Waals surface area contributed by atoms with Gasteiger partial charge in [-0.25, -0.2) is 4.39 Å². The summed E-state index contributed by atoms with van der Waals surface area (Å²) in [6.45, 7) is 0. The van der Waals surface area contributed by atoms with Crippen LogP contribution < -0.4 is 9.47 Å². The maximum Gasteiger partial charge on any atom is 0.305 e. The second kappa shape index (κ2) is 6.20. The van der Waals surface area contributed by atoms with E-state index in [1.54, 1.807) is 30.3 Å². The van der Waals surface area contributed by atoms with Crippen LogP contribution in [0.25, 0.3) is 0 Å². The topological polar surface area (TPSA) is 18.5 Å². The number of halogens is 4. The molecule has 3 aromatic carbocycles. The maximum atomic E-state index is 13.9. The Morgan fingerprint density at radius 2 is 1.20 bits per heavy atom. The first kappa shape index (κ1) is 16.7. The van der Waals surface area contributed by atoms with E-state index in [1.165, 1.54) is 6.07 Å². The van der Waals surface area contributed by atoms with Crippen molar-refractivity contribution in [3.05, 3.63) is 92.1 Å². The summed E-state index contributed by atoms with van der Waals surface area (Å²) in [5.41, 5.74) is 1.46. The van der Waals surface area contributed by atoms with E-state index in [9.17, 15) is 4.39 Å². The summed E-state index contributed by atoms with van der Waals surface area (Å²) in [5, 5.41) is 1.19. The molecule has 0 unspecified atom stereocenters. The van der Waals surface area contributed by atoms with Crippen LogP contribution in [0.3, 0.4) is 0 Å². The fraction of sp³-hybridized carbons (Fsp3) is 0.0526. The van der Waals surface area contributed by atoms with Crippen LogP contribution in [0.15, 0.2) is 65.1 Å². The smallest absolute Gasteiger partial charge is 0.305 e. The Morgan fingerprint density at radius 1 is 0.760 bits per heavy atom. The molecule has 0 fully saturated rings. The van der Waals surface area contributed by atoms with Gasteiger partial charge in [0.15, 0.2) is 11.5 Å². The highest BCUT2D eigenvalue weighted by Gasteiger charge is 2.45. The molecule has 0 atom stereocenters. The van der Waals surface area contributed by atoms with Crippen molar-refractivity contribution in [1.29, 1.82) is 0 Å². The van der Waals surface area contributed by atoms with Crippen molar-refractivity contribution in [2.75, 3.05) is 0 Å². The predicted molar refractivity (Wildman–Crippen MR) is 99.0 cm³/mol. The first-order valence-electron chi connectivity index (χ1n) is 7.37. The van der Waals surface area contributed by atoms with Gasteiger partial charge in [-0.3, -0.25) is 0 Å². The van der Waals surface area contributed by atoms with Gasteiger partial charge in [-0.1, -0.05) is 23.2 Å². The molecule has 0 spiro atoms. The third-order valence-electron chi connectivity index (χ3n) is 3.94. The molecule has 6 heteroatoms. The van der Waals surface area contributed by atoms with Crippen LogP contribution in [-0.2, 0) is 5.79 Å². The summed E-state index contributed by atoms with van der Waals surface area (Å²) < 4.78 is 26.5. The van der Waals surface area contributed by atoms with Gasteiger partial charge in [-0.2, -0.15) is 0 Å². The zero-order valence-electron chi connectivity index (χ0n) is 12.6. The molecule has 0 N–H and O–H groups in total. The maximum absolute atomic E-state index is 13.9. The Kier molecular flexibility index (Phi) is 4.14. The van der Waals surface area contributed by atoms with Crippen molar-refractivity contribution in [3.8, 4) is 11.5 Å². The molecule has 1 aliphatic rings. The summed E-state index contributed by atoms with van der Waals surface area (Å²) in [4.78, 5) is 0. The quantitative estimate of drug-likeness (QED) is 0.449. The van der Waals surface area contributed by atoms with E-state index in [-0.39, 0.29) is 0 Å². The Hall–Kier alpha value is -1.75. The molecule has 4 rings (SSSR count). The lowest BCUT2D eigenvalue weighted by Gasteiger charge is -2.28. The second-order valence-electron chi connectivity index (χ2n) is 5.55. The van der Waals surface area contributed by atoms with E-state index < -0.39 is 11.6 Å². The molecular weight excluding hydrogens is 430 g/mol. The monoisotopic (exact) mass is 438 g/mol. The molecule has 126 valence electrons. The molecular formula is C19H10BrCl2FO2. The van der Waals surface area contributed by atoms with Gasteiger partial charge in [0.25, 0.3) is 0 Å². The van der Waals surface area contributed by atoms with E-state index in [1.807, 2.05) is 24.3 Å². The average Bonchev–Trinajstić information content (AvgIpc) is 2.96. The highest BCUT2D eigenvalue weighted by molar-refractivity contribution is 9.10.